The molecule has 8 heteroatoms. The Morgan fingerprint density at radius 1 is 1.21 bits per heavy atom. The van der Waals surface area contributed by atoms with Crippen LogP contribution in [0.15, 0.2) is 66.2 Å². The molecule has 152 valence electrons. The van der Waals surface area contributed by atoms with Crippen molar-refractivity contribution in [1.82, 2.24) is 13.8 Å². The SMILES string of the molecule is C=CCN(CC(=O)N(CCOC)Cc1cccn1C)S(=O)(=O)c1ccccc1. The molecule has 2 aromatic rings. The highest BCUT2D eigenvalue weighted by Gasteiger charge is 2.27. The maximum absolute atomic E-state index is 13.0. The number of carbonyl (C=O) groups is 1. The van der Waals surface area contributed by atoms with Gasteiger partial charge in [0.2, 0.25) is 15.9 Å². The van der Waals surface area contributed by atoms with E-state index in [0.29, 0.717) is 19.7 Å². The minimum absolute atomic E-state index is 0.0469. The maximum atomic E-state index is 13.0. The molecule has 0 aliphatic rings. The number of benzene rings is 1. The van der Waals surface area contributed by atoms with E-state index in [9.17, 15) is 13.2 Å². The molecule has 0 spiro atoms. The fourth-order valence-electron chi connectivity index (χ4n) is 2.73. The lowest BCUT2D eigenvalue weighted by Gasteiger charge is -2.27. The summed E-state index contributed by atoms with van der Waals surface area (Å²) >= 11 is 0. The second kappa shape index (κ2) is 10.2. The van der Waals surface area contributed by atoms with E-state index < -0.39 is 10.0 Å². The van der Waals surface area contributed by atoms with Crippen LogP contribution in [0.2, 0.25) is 0 Å². The zero-order valence-corrected chi connectivity index (χ0v) is 17.1. The number of aromatic nitrogens is 1. The summed E-state index contributed by atoms with van der Waals surface area (Å²) in [5, 5.41) is 0. The molecule has 7 nitrogen and oxygen atoms in total. The molecule has 0 radical (unpaired) electrons. The molecular formula is C20H27N3O4S. The van der Waals surface area contributed by atoms with Gasteiger partial charge < -0.3 is 14.2 Å². The van der Waals surface area contributed by atoms with Crippen LogP contribution in [-0.2, 0) is 33.1 Å². The lowest BCUT2D eigenvalue weighted by Crippen LogP contribution is -2.44. The molecule has 2 rings (SSSR count). The molecule has 0 atom stereocenters. The topological polar surface area (TPSA) is 71.8 Å². The molecular weight excluding hydrogens is 378 g/mol. The Balaban J connectivity index is 2.21. The van der Waals surface area contributed by atoms with E-state index in [1.807, 2.05) is 29.9 Å². The molecule has 0 saturated heterocycles. The van der Waals surface area contributed by atoms with Gasteiger partial charge in [0, 0.05) is 39.1 Å². The largest absolute Gasteiger partial charge is 0.383 e. The normalized spacial score (nSPS) is 11.5. The van der Waals surface area contributed by atoms with Crippen LogP contribution in [0.25, 0.3) is 0 Å². The summed E-state index contributed by atoms with van der Waals surface area (Å²) in [5.74, 6) is -0.292. The van der Waals surface area contributed by atoms with Gasteiger partial charge in [-0.05, 0) is 24.3 Å². The van der Waals surface area contributed by atoms with E-state index in [-0.39, 0.29) is 23.9 Å². The standard InChI is InChI=1S/C20H27N3O4S/c1-4-12-23(28(25,26)19-10-6-5-7-11-19)17-20(24)22(14-15-27-3)16-18-9-8-13-21(18)2/h4-11,13H,1,12,14-17H2,2-3H3. The quantitative estimate of drug-likeness (QED) is 0.535. The Bertz CT molecular complexity index is 878. The van der Waals surface area contributed by atoms with Crippen LogP contribution >= 0.6 is 0 Å². The number of rotatable bonds is 11. The summed E-state index contributed by atoms with van der Waals surface area (Å²) in [5.41, 5.74) is 0.950. The van der Waals surface area contributed by atoms with Gasteiger partial charge in [0.05, 0.1) is 24.6 Å². The van der Waals surface area contributed by atoms with Crippen LogP contribution in [0, 0.1) is 0 Å². The Kier molecular flexibility index (Phi) is 7.98. The second-order valence-electron chi connectivity index (χ2n) is 6.32. The molecule has 0 fully saturated rings. The summed E-state index contributed by atoms with van der Waals surface area (Å²) < 4.78 is 34.1. The number of methoxy groups -OCH3 is 1. The predicted molar refractivity (Wildman–Crippen MR) is 108 cm³/mol. The van der Waals surface area contributed by atoms with E-state index in [0.717, 1.165) is 10.00 Å². The Morgan fingerprint density at radius 3 is 2.50 bits per heavy atom. The van der Waals surface area contributed by atoms with Crippen molar-refractivity contribution in [2.45, 2.75) is 11.4 Å². The Labute approximate surface area is 166 Å². The van der Waals surface area contributed by atoms with Crippen LogP contribution in [0.4, 0.5) is 0 Å². The number of nitrogens with zero attached hydrogens (tertiary/aromatic N) is 3. The van der Waals surface area contributed by atoms with Crippen LogP contribution in [-0.4, -0.2) is 61.4 Å². The van der Waals surface area contributed by atoms with Crippen molar-refractivity contribution in [3.8, 4) is 0 Å². The molecule has 0 unspecified atom stereocenters. The summed E-state index contributed by atoms with van der Waals surface area (Å²) in [6.07, 6.45) is 3.38. The molecule has 1 amide bonds. The predicted octanol–water partition coefficient (Wildman–Crippen LogP) is 1.88. The van der Waals surface area contributed by atoms with Crippen molar-refractivity contribution in [2.24, 2.45) is 7.05 Å². The van der Waals surface area contributed by atoms with Gasteiger partial charge >= 0.3 is 0 Å². The van der Waals surface area contributed by atoms with Crippen LogP contribution < -0.4 is 0 Å². The first kappa shape index (κ1) is 21.9. The van der Waals surface area contributed by atoms with Gasteiger partial charge in [-0.2, -0.15) is 4.31 Å². The van der Waals surface area contributed by atoms with Gasteiger partial charge in [0.15, 0.2) is 0 Å². The van der Waals surface area contributed by atoms with Crippen LogP contribution in [0.5, 0.6) is 0 Å². The summed E-state index contributed by atoms with van der Waals surface area (Å²) in [6.45, 7) is 4.51. The smallest absolute Gasteiger partial charge is 0.243 e. The first-order valence-corrected chi connectivity index (χ1v) is 10.4. The number of hydrogen-bond donors (Lipinski definition) is 0. The van der Waals surface area contributed by atoms with Gasteiger partial charge in [-0.3, -0.25) is 4.79 Å². The van der Waals surface area contributed by atoms with E-state index in [1.54, 1.807) is 30.2 Å². The van der Waals surface area contributed by atoms with Crippen molar-refractivity contribution in [3.05, 3.63) is 67.0 Å². The number of carbonyl (C=O) groups excluding carboxylic acids is 1. The molecule has 0 saturated carbocycles. The van der Waals surface area contributed by atoms with Gasteiger partial charge in [-0.15, -0.1) is 6.58 Å². The summed E-state index contributed by atoms with van der Waals surface area (Å²) in [6, 6.07) is 11.9. The lowest BCUT2D eigenvalue weighted by atomic mass is 10.3. The zero-order valence-electron chi connectivity index (χ0n) is 16.3. The fourth-order valence-corrected chi connectivity index (χ4v) is 4.12. The molecule has 0 aliphatic heterocycles. The third kappa shape index (κ3) is 5.54. The summed E-state index contributed by atoms with van der Waals surface area (Å²) in [7, 11) is -0.339. The highest BCUT2D eigenvalue weighted by Crippen LogP contribution is 2.16. The molecule has 1 heterocycles. The zero-order chi connectivity index (χ0) is 20.6. The van der Waals surface area contributed by atoms with Crippen molar-refractivity contribution in [3.63, 3.8) is 0 Å². The van der Waals surface area contributed by atoms with Crippen molar-refractivity contribution >= 4 is 15.9 Å². The first-order chi connectivity index (χ1) is 13.4. The summed E-state index contributed by atoms with van der Waals surface area (Å²) in [4.78, 5) is 14.7. The average molecular weight is 406 g/mol. The Morgan fingerprint density at radius 2 is 1.93 bits per heavy atom. The molecule has 0 N–H and O–H groups in total. The van der Waals surface area contributed by atoms with Gasteiger partial charge in [0.25, 0.3) is 0 Å². The van der Waals surface area contributed by atoms with E-state index in [2.05, 4.69) is 6.58 Å². The number of ether oxygens (including phenoxy) is 1. The monoisotopic (exact) mass is 405 g/mol. The molecule has 1 aromatic heterocycles. The molecule has 0 aliphatic carbocycles. The van der Waals surface area contributed by atoms with E-state index in [1.165, 1.54) is 18.2 Å². The van der Waals surface area contributed by atoms with Crippen molar-refractivity contribution in [2.75, 3.05) is 33.4 Å². The minimum Gasteiger partial charge on any atom is -0.383 e. The highest BCUT2D eigenvalue weighted by atomic mass is 32.2. The maximum Gasteiger partial charge on any atom is 0.243 e. The van der Waals surface area contributed by atoms with Gasteiger partial charge in [0.1, 0.15) is 0 Å². The van der Waals surface area contributed by atoms with E-state index in [4.69, 9.17) is 4.74 Å². The third-order valence-electron chi connectivity index (χ3n) is 4.35. The van der Waals surface area contributed by atoms with Gasteiger partial charge in [-0.1, -0.05) is 24.3 Å². The van der Waals surface area contributed by atoms with E-state index >= 15 is 0 Å². The minimum atomic E-state index is -3.80. The second-order valence-corrected chi connectivity index (χ2v) is 8.26. The van der Waals surface area contributed by atoms with Crippen LogP contribution in [0.3, 0.4) is 0 Å². The van der Waals surface area contributed by atoms with Crippen molar-refractivity contribution < 1.29 is 17.9 Å². The Hall–Kier alpha value is -2.42. The highest BCUT2D eigenvalue weighted by molar-refractivity contribution is 7.89. The molecule has 28 heavy (non-hydrogen) atoms. The number of aryl methyl sites for hydroxylation is 1. The lowest BCUT2D eigenvalue weighted by molar-refractivity contribution is -0.132. The average Bonchev–Trinajstić information content (AvgIpc) is 3.09. The number of sulfonamides is 1. The van der Waals surface area contributed by atoms with Crippen LogP contribution in [0.1, 0.15) is 5.69 Å². The fraction of sp³-hybridized carbons (Fsp3) is 0.350. The third-order valence-corrected chi connectivity index (χ3v) is 6.17. The van der Waals surface area contributed by atoms with Crippen molar-refractivity contribution in [1.29, 1.82) is 0 Å². The first-order valence-electron chi connectivity index (χ1n) is 8.93. The molecule has 0 bridgehead atoms. The molecule has 1 aromatic carbocycles. The number of amides is 1. The number of hydrogen-bond acceptors (Lipinski definition) is 4. The van der Waals surface area contributed by atoms with Gasteiger partial charge in [-0.25, -0.2) is 8.42 Å².